The molecule has 2 saturated carbocycles. The first kappa shape index (κ1) is 19.4. The first-order valence-corrected chi connectivity index (χ1v) is 9.83. The van der Waals surface area contributed by atoms with Crippen molar-refractivity contribution in [2.24, 2.45) is 17.8 Å². The number of carbonyl (C=O) groups excluding carboxylic acids is 3. The molecule has 0 saturated heterocycles. The van der Waals surface area contributed by atoms with Crippen molar-refractivity contribution >= 4 is 34.3 Å². The Bertz CT molecular complexity index is 1040. The molecule has 2 aromatic heterocycles. The number of Topliss-reactive ketones (excluding diaryl/α,β-unsaturated/α-hetero) is 1. The number of aromatic amines is 1. The summed E-state index contributed by atoms with van der Waals surface area (Å²) in [6.07, 6.45) is 3.68. The van der Waals surface area contributed by atoms with Crippen LogP contribution >= 0.6 is 0 Å². The van der Waals surface area contributed by atoms with Gasteiger partial charge in [-0.2, -0.15) is 5.10 Å². The number of ether oxygens (including phenoxy) is 1. The number of esters is 1. The molecule has 154 valence electrons. The molecule has 29 heavy (non-hydrogen) atoms. The molecule has 2 heterocycles. The Kier molecular flexibility index (Phi) is 4.97. The molecule has 4 rings (SSSR count). The smallest absolute Gasteiger partial charge is 0.309 e. The highest BCUT2D eigenvalue weighted by molar-refractivity contribution is 6.02. The lowest BCUT2D eigenvalue weighted by Gasteiger charge is -2.36. The summed E-state index contributed by atoms with van der Waals surface area (Å²) < 4.78 is 10.7. The van der Waals surface area contributed by atoms with E-state index in [1.54, 1.807) is 13.8 Å². The SMILES string of the molecule is Cc1n[nH]c(=O)c2c(NC(=O)COC(=O)C3CC4CCCC(C3)C4=O)oc(C)c12. The van der Waals surface area contributed by atoms with Crippen LogP contribution in [0.2, 0.25) is 0 Å². The number of amides is 1. The maximum atomic E-state index is 12.4. The number of hydrogen-bond donors (Lipinski definition) is 2. The molecule has 2 aromatic rings. The van der Waals surface area contributed by atoms with Gasteiger partial charge in [-0.05, 0) is 39.5 Å². The first-order chi connectivity index (χ1) is 13.8. The van der Waals surface area contributed by atoms with Crippen LogP contribution in [0.1, 0.15) is 43.6 Å². The number of ketones is 1. The fourth-order valence-corrected chi connectivity index (χ4v) is 4.62. The number of hydrogen-bond acceptors (Lipinski definition) is 7. The first-order valence-electron chi connectivity index (χ1n) is 9.83. The second kappa shape index (κ2) is 7.46. The minimum Gasteiger partial charge on any atom is -0.455 e. The Morgan fingerprint density at radius 3 is 2.55 bits per heavy atom. The summed E-state index contributed by atoms with van der Waals surface area (Å²) in [5.41, 5.74) is 0.0957. The highest BCUT2D eigenvalue weighted by Crippen LogP contribution is 2.40. The topological polar surface area (TPSA) is 131 Å². The van der Waals surface area contributed by atoms with Crippen molar-refractivity contribution in [2.45, 2.75) is 46.0 Å². The number of carbonyl (C=O) groups is 3. The number of H-pyrrole nitrogens is 1. The molecule has 2 unspecified atom stereocenters. The summed E-state index contributed by atoms with van der Waals surface area (Å²) >= 11 is 0. The van der Waals surface area contributed by atoms with Gasteiger partial charge in [-0.1, -0.05) is 6.42 Å². The van der Waals surface area contributed by atoms with E-state index in [0.29, 0.717) is 29.7 Å². The quantitative estimate of drug-likeness (QED) is 0.749. The van der Waals surface area contributed by atoms with Gasteiger partial charge in [-0.25, -0.2) is 5.10 Å². The van der Waals surface area contributed by atoms with Crippen molar-refractivity contribution in [2.75, 3.05) is 11.9 Å². The summed E-state index contributed by atoms with van der Waals surface area (Å²) in [5.74, 6) is -0.792. The molecule has 2 N–H and O–H groups in total. The minimum atomic E-state index is -0.602. The van der Waals surface area contributed by atoms with Crippen LogP contribution in [0.25, 0.3) is 10.8 Å². The van der Waals surface area contributed by atoms with Crippen LogP contribution in [-0.4, -0.2) is 34.5 Å². The van der Waals surface area contributed by atoms with Crippen molar-refractivity contribution in [3.05, 3.63) is 21.8 Å². The van der Waals surface area contributed by atoms with Crippen molar-refractivity contribution in [1.82, 2.24) is 10.2 Å². The van der Waals surface area contributed by atoms with E-state index in [0.717, 1.165) is 19.3 Å². The van der Waals surface area contributed by atoms with E-state index in [1.165, 1.54) is 0 Å². The largest absolute Gasteiger partial charge is 0.455 e. The molecule has 0 aliphatic heterocycles. The number of nitrogens with zero attached hydrogens (tertiary/aromatic N) is 1. The summed E-state index contributed by atoms with van der Waals surface area (Å²) in [5, 5.41) is 9.49. The molecule has 0 spiro atoms. The molecule has 2 aliphatic carbocycles. The summed E-state index contributed by atoms with van der Waals surface area (Å²) in [7, 11) is 0. The third-order valence-corrected chi connectivity index (χ3v) is 5.98. The van der Waals surface area contributed by atoms with Crippen molar-refractivity contribution in [1.29, 1.82) is 0 Å². The fourth-order valence-electron chi connectivity index (χ4n) is 4.62. The van der Waals surface area contributed by atoms with Gasteiger partial charge in [0.25, 0.3) is 11.5 Å². The van der Waals surface area contributed by atoms with E-state index in [9.17, 15) is 19.2 Å². The average molecular weight is 401 g/mol. The van der Waals surface area contributed by atoms with E-state index in [4.69, 9.17) is 9.15 Å². The lowest BCUT2D eigenvalue weighted by Crippen LogP contribution is -2.40. The van der Waals surface area contributed by atoms with E-state index in [2.05, 4.69) is 15.5 Å². The van der Waals surface area contributed by atoms with Gasteiger partial charge >= 0.3 is 5.97 Å². The Morgan fingerprint density at radius 2 is 1.86 bits per heavy atom. The third-order valence-electron chi connectivity index (χ3n) is 5.98. The Labute approximate surface area is 166 Å². The van der Waals surface area contributed by atoms with E-state index in [-0.39, 0.29) is 34.8 Å². The predicted octanol–water partition coefficient (Wildman–Crippen LogP) is 2.01. The monoisotopic (exact) mass is 401 g/mol. The zero-order valence-corrected chi connectivity index (χ0v) is 16.4. The van der Waals surface area contributed by atoms with Gasteiger partial charge in [0.1, 0.15) is 16.9 Å². The second-order valence-corrected chi connectivity index (χ2v) is 7.93. The zero-order chi connectivity index (χ0) is 20.7. The normalized spacial score (nSPS) is 23.8. The summed E-state index contributed by atoms with van der Waals surface area (Å²) in [6, 6.07) is 0. The van der Waals surface area contributed by atoms with Crippen molar-refractivity contribution < 1.29 is 23.5 Å². The van der Waals surface area contributed by atoms with E-state index in [1.807, 2.05) is 0 Å². The van der Waals surface area contributed by atoms with E-state index < -0.39 is 24.0 Å². The van der Waals surface area contributed by atoms with Gasteiger partial charge in [0.05, 0.1) is 17.0 Å². The van der Waals surface area contributed by atoms with Crippen LogP contribution in [0.15, 0.2) is 9.21 Å². The van der Waals surface area contributed by atoms with Gasteiger partial charge < -0.3 is 9.15 Å². The Balaban J connectivity index is 1.39. The third kappa shape index (κ3) is 3.56. The number of anilines is 1. The molecule has 2 aliphatic rings. The van der Waals surface area contributed by atoms with Crippen LogP contribution in [0.4, 0.5) is 5.88 Å². The molecule has 9 nitrogen and oxygen atoms in total. The number of nitrogens with one attached hydrogen (secondary N) is 2. The molecule has 2 atom stereocenters. The van der Waals surface area contributed by atoms with Gasteiger partial charge in [0.15, 0.2) is 6.61 Å². The van der Waals surface area contributed by atoms with Crippen molar-refractivity contribution in [3.63, 3.8) is 0 Å². The number of fused-ring (bicyclic) bond motifs is 3. The molecule has 2 fully saturated rings. The molecule has 0 aromatic carbocycles. The molecular weight excluding hydrogens is 378 g/mol. The number of aryl methyl sites for hydroxylation is 2. The minimum absolute atomic E-state index is 0.00286. The van der Waals surface area contributed by atoms with E-state index >= 15 is 0 Å². The molecule has 2 bridgehead atoms. The van der Waals surface area contributed by atoms with Gasteiger partial charge in [0.2, 0.25) is 5.88 Å². The van der Waals surface area contributed by atoms with Crippen LogP contribution in [0.5, 0.6) is 0 Å². The second-order valence-electron chi connectivity index (χ2n) is 7.93. The Morgan fingerprint density at radius 1 is 1.17 bits per heavy atom. The average Bonchev–Trinajstić information content (AvgIpc) is 2.99. The number of rotatable bonds is 4. The number of furan rings is 1. The standard InChI is InChI=1S/C20H23N3O6/c1-9-15-10(2)29-19(16(15)18(26)23-22-9)21-14(24)8-28-20(27)13-6-11-4-3-5-12(7-13)17(11)25/h11-13H,3-8H2,1-2H3,(H,21,24)(H,23,26). The number of aromatic nitrogens is 2. The molecule has 0 radical (unpaired) electrons. The molecular formula is C20H23N3O6. The summed E-state index contributed by atoms with van der Waals surface area (Å²) in [4.78, 5) is 48.9. The lowest BCUT2D eigenvalue weighted by atomic mass is 9.67. The highest BCUT2D eigenvalue weighted by atomic mass is 16.5. The highest BCUT2D eigenvalue weighted by Gasteiger charge is 2.41. The van der Waals surface area contributed by atoms with Crippen LogP contribution < -0.4 is 10.9 Å². The summed E-state index contributed by atoms with van der Waals surface area (Å²) in [6.45, 7) is 2.91. The fraction of sp³-hybridized carbons (Fsp3) is 0.550. The van der Waals surface area contributed by atoms with Crippen LogP contribution in [0, 0.1) is 31.6 Å². The van der Waals surface area contributed by atoms with Gasteiger partial charge in [-0.3, -0.25) is 24.5 Å². The van der Waals surface area contributed by atoms with Crippen LogP contribution in [-0.2, 0) is 19.1 Å². The zero-order valence-electron chi connectivity index (χ0n) is 16.4. The maximum absolute atomic E-state index is 12.4. The molecule has 1 amide bonds. The molecule has 9 heteroatoms. The van der Waals surface area contributed by atoms with Crippen molar-refractivity contribution in [3.8, 4) is 0 Å². The lowest BCUT2D eigenvalue weighted by molar-refractivity contribution is -0.155. The van der Waals surface area contributed by atoms with Gasteiger partial charge in [-0.15, -0.1) is 0 Å². The van der Waals surface area contributed by atoms with Gasteiger partial charge in [0, 0.05) is 11.8 Å². The maximum Gasteiger partial charge on any atom is 0.309 e. The Hall–Kier alpha value is -2.97. The predicted molar refractivity (Wildman–Crippen MR) is 102 cm³/mol. The van der Waals surface area contributed by atoms with Crippen LogP contribution in [0.3, 0.4) is 0 Å².